The summed E-state index contributed by atoms with van der Waals surface area (Å²) in [6, 6.07) is 0. The normalized spacial score (nSPS) is 15.7. The highest BCUT2D eigenvalue weighted by Gasteiger charge is 2.21. The Balaban J connectivity index is 3.57. The first-order chi connectivity index (χ1) is 6.18. The Bertz CT molecular complexity index is 115. The summed E-state index contributed by atoms with van der Waals surface area (Å²) in [6.45, 7) is 8.25. The summed E-state index contributed by atoms with van der Waals surface area (Å²) >= 11 is 0. The topological polar surface area (TPSA) is 29.5 Å². The fourth-order valence-electron chi connectivity index (χ4n) is 1.63. The van der Waals surface area contributed by atoms with Crippen LogP contribution in [0.25, 0.3) is 0 Å². The molecule has 1 unspecified atom stereocenters. The van der Waals surface area contributed by atoms with Gasteiger partial charge in [0.2, 0.25) is 0 Å². The van der Waals surface area contributed by atoms with Crippen LogP contribution >= 0.6 is 0 Å². The Morgan fingerprint density at radius 1 is 1.23 bits per heavy atom. The van der Waals surface area contributed by atoms with Crippen molar-refractivity contribution in [1.29, 1.82) is 0 Å². The Morgan fingerprint density at radius 2 is 1.92 bits per heavy atom. The summed E-state index contributed by atoms with van der Waals surface area (Å²) in [5.41, 5.74) is 0.117. The zero-order valence-corrected chi connectivity index (χ0v) is 9.31. The van der Waals surface area contributed by atoms with E-state index in [0.29, 0.717) is 6.61 Å². The van der Waals surface area contributed by atoms with Gasteiger partial charge in [0.05, 0.1) is 0 Å². The highest BCUT2D eigenvalue weighted by atomic mass is 16.5. The minimum Gasteiger partial charge on any atom is -0.396 e. The molecule has 1 atom stereocenters. The van der Waals surface area contributed by atoms with Crippen LogP contribution in [0.4, 0.5) is 0 Å². The van der Waals surface area contributed by atoms with Crippen molar-refractivity contribution in [3.63, 3.8) is 0 Å². The Hall–Kier alpha value is -0.0800. The summed E-state index contributed by atoms with van der Waals surface area (Å²) in [7, 11) is 0. The predicted molar refractivity (Wildman–Crippen MR) is 55.8 cm³/mol. The first-order valence-electron chi connectivity index (χ1n) is 5.37. The minimum atomic E-state index is 0.117. The van der Waals surface area contributed by atoms with E-state index in [9.17, 15) is 5.11 Å². The third kappa shape index (κ3) is 6.05. The fourth-order valence-corrected chi connectivity index (χ4v) is 1.63. The van der Waals surface area contributed by atoms with Crippen molar-refractivity contribution in [2.45, 2.75) is 46.5 Å². The molecule has 0 aliphatic rings. The molecule has 2 heteroatoms. The average Bonchev–Trinajstić information content (AvgIpc) is 2.13. The van der Waals surface area contributed by atoms with Crippen LogP contribution in [0.5, 0.6) is 0 Å². The molecule has 80 valence electrons. The van der Waals surface area contributed by atoms with E-state index in [1.165, 1.54) is 0 Å². The second-order valence-electron chi connectivity index (χ2n) is 4.02. The second kappa shape index (κ2) is 7.34. The fraction of sp³-hybridized carbons (Fsp3) is 1.00. The van der Waals surface area contributed by atoms with Gasteiger partial charge in [-0.2, -0.15) is 0 Å². The Kier molecular flexibility index (Phi) is 7.29. The van der Waals surface area contributed by atoms with Crippen LogP contribution in [0.1, 0.15) is 46.5 Å². The number of hydrogen-bond acceptors (Lipinski definition) is 2. The van der Waals surface area contributed by atoms with E-state index in [-0.39, 0.29) is 5.41 Å². The highest BCUT2D eigenvalue weighted by molar-refractivity contribution is 4.72. The summed E-state index contributed by atoms with van der Waals surface area (Å²) in [5, 5.41) is 9.23. The molecule has 0 aromatic heterocycles. The van der Waals surface area contributed by atoms with Crippen LogP contribution in [-0.2, 0) is 4.74 Å². The number of rotatable bonds is 8. The van der Waals surface area contributed by atoms with Crippen LogP contribution in [0.3, 0.4) is 0 Å². The van der Waals surface area contributed by atoms with Crippen molar-refractivity contribution >= 4 is 0 Å². The Labute approximate surface area is 82.3 Å². The lowest BCUT2D eigenvalue weighted by Crippen LogP contribution is -2.21. The van der Waals surface area contributed by atoms with Gasteiger partial charge < -0.3 is 9.84 Å². The molecule has 0 aliphatic carbocycles. The molecule has 0 saturated heterocycles. The van der Waals surface area contributed by atoms with Crippen LogP contribution in [0, 0.1) is 5.41 Å². The molecule has 0 spiro atoms. The summed E-state index contributed by atoms with van der Waals surface area (Å²) in [6.07, 6.45) is 4.38. The van der Waals surface area contributed by atoms with Crippen molar-refractivity contribution in [3.8, 4) is 0 Å². The summed E-state index contributed by atoms with van der Waals surface area (Å²) in [4.78, 5) is 0. The van der Waals surface area contributed by atoms with Crippen molar-refractivity contribution in [3.05, 3.63) is 0 Å². The smallest absolute Gasteiger partial charge is 0.0484 e. The molecule has 0 aromatic carbocycles. The monoisotopic (exact) mass is 188 g/mol. The lowest BCUT2D eigenvalue weighted by molar-refractivity contribution is 0.0929. The van der Waals surface area contributed by atoms with Crippen LogP contribution in [0.15, 0.2) is 0 Å². The van der Waals surface area contributed by atoms with Gasteiger partial charge >= 0.3 is 0 Å². The molecule has 0 saturated carbocycles. The van der Waals surface area contributed by atoms with E-state index in [1.807, 2.05) is 6.92 Å². The molecule has 1 N–H and O–H groups in total. The first kappa shape index (κ1) is 12.9. The van der Waals surface area contributed by atoms with Crippen LogP contribution in [0.2, 0.25) is 0 Å². The molecule has 0 amide bonds. The van der Waals surface area contributed by atoms with E-state index < -0.39 is 0 Å². The van der Waals surface area contributed by atoms with Gasteiger partial charge in [0, 0.05) is 19.8 Å². The minimum absolute atomic E-state index is 0.117. The van der Waals surface area contributed by atoms with Gasteiger partial charge in [0.15, 0.2) is 0 Å². The lowest BCUT2D eigenvalue weighted by Gasteiger charge is -2.26. The van der Waals surface area contributed by atoms with E-state index in [4.69, 9.17) is 4.74 Å². The second-order valence-corrected chi connectivity index (χ2v) is 4.02. The largest absolute Gasteiger partial charge is 0.396 e. The van der Waals surface area contributed by atoms with Crippen molar-refractivity contribution in [2.24, 2.45) is 5.41 Å². The standard InChI is InChI=1S/C11H24O2/c1-4-7-11(3,10-12)8-6-9-13-5-2/h12H,4-10H2,1-3H3. The van der Waals surface area contributed by atoms with E-state index in [0.717, 1.165) is 38.9 Å². The molecule has 0 heterocycles. The number of aliphatic hydroxyl groups excluding tert-OH is 1. The molecule has 0 fully saturated rings. The van der Waals surface area contributed by atoms with Crippen molar-refractivity contribution in [2.75, 3.05) is 19.8 Å². The maximum Gasteiger partial charge on any atom is 0.0484 e. The highest BCUT2D eigenvalue weighted by Crippen LogP contribution is 2.28. The number of ether oxygens (including phenoxy) is 1. The van der Waals surface area contributed by atoms with Gasteiger partial charge in [0.1, 0.15) is 0 Å². The summed E-state index contributed by atoms with van der Waals surface area (Å²) in [5.74, 6) is 0. The third-order valence-corrected chi connectivity index (χ3v) is 2.51. The molecule has 0 radical (unpaired) electrons. The maximum absolute atomic E-state index is 9.23. The lowest BCUT2D eigenvalue weighted by atomic mass is 9.82. The zero-order chi connectivity index (χ0) is 10.2. The third-order valence-electron chi connectivity index (χ3n) is 2.51. The summed E-state index contributed by atoms with van der Waals surface area (Å²) < 4.78 is 5.27. The van der Waals surface area contributed by atoms with Gasteiger partial charge in [-0.25, -0.2) is 0 Å². The SMILES string of the molecule is CCCC(C)(CO)CCCOCC. The average molecular weight is 188 g/mol. The van der Waals surface area contributed by atoms with Gasteiger partial charge in [-0.05, 0) is 31.6 Å². The molecule has 2 nitrogen and oxygen atoms in total. The molecule has 0 bridgehead atoms. The van der Waals surface area contributed by atoms with Gasteiger partial charge in [-0.3, -0.25) is 0 Å². The maximum atomic E-state index is 9.23. The number of aliphatic hydroxyl groups is 1. The molecule has 0 aromatic rings. The first-order valence-corrected chi connectivity index (χ1v) is 5.37. The quantitative estimate of drug-likeness (QED) is 0.593. The van der Waals surface area contributed by atoms with Gasteiger partial charge in [-0.1, -0.05) is 20.3 Å². The Morgan fingerprint density at radius 3 is 2.38 bits per heavy atom. The molecule has 0 rings (SSSR count). The van der Waals surface area contributed by atoms with E-state index >= 15 is 0 Å². The zero-order valence-electron chi connectivity index (χ0n) is 9.31. The predicted octanol–water partition coefficient (Wildman–Crippen LogP) is 2.60. The number of hydrogen-bond donors (Lipinski definition) is 1. The molecular formula is C11H24O2. The van der Waals surface area contributed by atoms with E-state index in [1.54, 1.807) is 0 Å². The molecule has 13 heavy (non-hydrogen) atoms. The molecular weight excluding hydrogens is 164 g/mol. The van der Waals surface area contributed by atoms with Gasteiger partial charge in [-0.15, -0.1) is 0 Å². The van der Waals surface area contributed by atoms with Crippen molar-refractivity contribution < 1.29 is 9.84 Å². The molecule has 0 aliphatic heterocycles. The van der Waals surface area contributed by atoms with Crippen LogP contribution in [-0.4, -0.2) is 24.9 Å². The van der Waals surface area contributed by atoms with Gasteiger partial charge in [0.25, 0.3) is 0 Å². The van der Waals surface area contributed by atoms with Crippen molar-refractivity contribution in [1.82, 2.24) is 0 Å². The van der Waals surface area contributed by atoms with Crippen LogP contribution < -0.4 is 0 Å². The van der Waals surface area contributed by atoms with E-state index in [2.05, 4.69) is 13.8 Å².